The monoisotopic (exact) mass is 362 g/mol. The van der Waals surface area contributed by atoms with Crippen LogP contribution < -0.4 is 5.43 Å². The fourth-order valence-corrected chi connectivity index (χ4v) is 3.16. The van der Waals surface area contributed by atoms with Gasteiger partial charge in [-0.05, 0) is 40.2 Å². The predicted molar refractivity (Wildman–Crippen MR) is 82.9 cm³/mol. The molecule has 0 fully saturated rings. The van der Waals surface area contributed by atoms with Crippen LogP contribution in [0.2, 0.25) is 10.0 Å². The molecule has 0 radical (unpaired) electrons. The number of halogens is 3. The average molecular weight is 364 g/mol. The molecule has 0 spiro atoms. The van der Waals surface area contributed by atoms with Gasteiger partial charge in [-0.1, -0.05) is 29.3 Å². The summed E-state index contributed by atoms with van der Waals surface area (Å²) in [5.74, 6) is 0. The second-order valence-corrected chi connectivity index (χ2v) is 6.74. The van der Waals surface area contributed by atoms with Crippen LogP contribution in [0, 0.1) is 0 Å². The quantitative estimate of drug-likeness (QED) is 0.603. The van der Waals surface area contributed by atoms with E-state index in [-0.39, 0.29) is 0 Å². The summed E-state index contributed by atoms with van der Waals surface area (Å²) >= 11 is 17.1. The Morgan fingerprint density at radius 1 is 1.22 bits per heavy atom. The number of rotatable bonds is 4. The average Bonchev–Trinajstić information content (AvgIpc) is 2.73. The Balaban J connectivity index is 1.94. The molecule has 0 atom stereocenters. The van der Waals surface area contributed by atoms with Gasteiger partial charge in [-0.2, -0.15) is 5.10 Å². The number of hydrogen-bond donors (Lipinski definition) is 1. The SMILES string of the molecule is Clc1cccc(Cl)c1CN/N=C\c1ccc(Br)s1. The fraction of sp³-hybridized carbons (Fsp3) is 0.0833. The lowest BCUT2D eigenvalue weighted by Crippen LogP contribution is -2.06. The smallest absolute Gasteiger partial charge is 0.0705 e. The Hall–Kier alpha value is -0.550. The number of nitrogens with zero attached hydrogens (tertiary/aromatic N) is 1. The Morgan fingerprint density at radius 3 is 2.56 bits per heavy atom. The summed E-state index contributed by atoms with van der Waals surface area (Å²) in [5, 5.41) is 5.42. The summed E-state index contributed by atoms with van der Waals surface area (Å²) in [6.07, 6.45) is 1.76. The largest absolute Gasteiger partial charge is 0.306 e. The summed E-state index contributed by atoms with van der Waals surface area (Å²) in [6.45, 7) is 0.502. The van der Waals surface area contributed by atoms with Gasteiger partial charge in [-0.3, -0.25) is 0 Å². The van der Waals surface area contributed by atoms with Crippen LogP contribution in [-0.4, -0.2) is 6.21 Å². The molecule has 18 heavy (non-hydrogen) atoms. The van der Waals surface area contributed by atoms with Crippen molar-refractivity contribution < 1.29 is 0 Å². The first-order valence-electron chi connectivity index (χ1n) is 5.11. The maximum atomic E-state index is 6.05. The molecule has 0 bridgehead atoms. The van der Waals surface area contributed by atoms with E-state index in [2.05, 4.69) is 26.5 Å². The van der Waals surface area contributed by atoms with Crippen LogP contribution in [0.3, 0.4) is 0 Å². The van der Waals surface area contributed by atoms with Crippen molar-refractivity contribution in [3.05, 3.63) is 54.6 Å². The topological polar surface area (TPSA) is 24.4 Å². The summed E-state index contributed by atoms with van der Waals surface area (Å²) < 4.78 is 1.08. The zero-order chi connectivity index (χ0) is 13.0. The van der Waals surface area contributed by atoms with Gasteiger partial charge in [0.15, 0.2) is 0 Å². The number of thiophene rings is 1. The molecule has 0 saturated heterocycles. The lowest BCUT2D eigenvalue weighted by atomic mass is 10.2. The molecule has 6 heteroatoms. The van der Waals surface area contributed by atoms with Crippen molar-refractivity contribution >= 4 is 56.7 Å². The van der Waals surface area contributed by atoms with Crippen molar-refractivity contribution in [2.24, 2.45) is 5.10 Å². The molecule has 0 unspecified atom stereocenters. The van der Waals surface area contributed by atoms with Crippen LogP contribution in [0.5, 0.6) is 0 Å². The van der Waals surface area contributed by atoms with Crippen molar-refractivity contribution in [2.45, 2.75) is 6.54 Å². The zero-order valence-electron chi connectivity index (χ0n) is 9.16. The van der Waals surface area contributed by atoms with Crippen molar-refractivity contribution in [1.82, 2.24) is 5.43 Å². The molecule has 2 nitrogen and oxygen atoms in total. The molecule has 1 aromatic heterocycles. The lowest BCUT2D eigenvalue weighted by molar-refractivity contribution is 0.748. The molecular weight excluding hydrogens is 355 g/mol. The summed E-state index contributed by atoms with van der Waals surface area (Å²) in [4.78, 5) is 1.07. The Labute approximate surface area is 128 Å². The molecule has 94 valence electrons. The first kappa shape index (κ1) is 13.9. The molecule has 0 aliphatic carbocycles. The number of nitrogens with one attached hydrogen (secondary N) is 1. The zero-order valence-corrected chi connectivity index (χ0v) is 13.1. The van der Waals surface area contributed by atoms with Crippen molar-refractivity contribution in [2.75, 3.05) is 0 Å². The van der Waals surface area contributed by atoms with E-state index in [4.69, 9.17) is 23.2 Å². The molecule has 2 rings (SSSR count). The Kier molecular flexibility index (Phi) is 5.06. The maximum Gasteiger partial charge on any atom is 0.0705 e. The summed E-state index contributed by atoms with van der Waals surface area (Å²) in [5.41, 5.74) is 3.79. The van der Waals surface area contributed by atoms with Crippen LogP contribution in [0.25, 0.3) is 0 Å². The molecule has 0 aliphatic heterocycles. The highest BCUT2D eigenvalue weighted by atomic mass is 79.9. The molecule has 0 saturated carbocycles. The highest BCUT2D eigenvalue weighted by Gasteiger charge is 2.03. The molecule has 2 aromatic rings. The van der Waals surface area contributed by atoms with Crippen LogP contribution in [-0.2, 0) is 6.54 Å². The summed E-state index contributed by atoms with van der Waals surface area (Å²) in [7, 11) is 0. The van der Waals surface area contributed by atoms with Gasteiger partial charge in [0.05, 0.1) is 16.5 Å². The van der Waals surface area contributed by atoms with E-state index < -0.39 is 0 Å². The molecule has 1 N–H and O–H groups in total. The van der Waals surface area contributed by atoms with Crippen molar-refractivity contribution in [1.29, 1.82) is 0 Å². The van der Waals surface area contributed by atoms with Gasteiger partial charge < -0.3 is 5.43 Å². The third-order valence-corrected chi connectivity index (χ3v) is 4.46. The van der Waals surface area contributed by atoms with Gasteiger partial charge in [0, 0.05) is 20.5 Å². The van der Waals surface area contributed by atoms with Gasteiger partial charge in [0.2, 0.25) is 0 Å². The minimum atomic E-state index is 0.502. The molecule has 1 aromatic carbocycles. The third kappa shape index (κ3) is 3.72. The van der Waals surface area contributed by atoms with E-state index in [1.54, 1.807) is 17.6 Å². The van der Waals surface area contributed by atoms with Gasteiger partial charge in [-0.15, -0.1) is 11.3 Å². The standard InChI is InChI=1S/C12H9BrCl2N2S/c13-12-5-4-8(18-12)6-16-17-7-9-10(14)2-1-3-11(9)15/h1-6,17H,7H2/b16-6-. The van der Waals surface area contributed by atoms with Crippen molar-refractivity contribution in [3.63, 3.8) is 0 Å². The minimum Gasteiger partial charge on any atom is -0.306 e. The first-order chi connectivity index (χ1) is 8.66. The molecule has 1 heterocycles. The maximum absolute atomic E-state index is 6.05. The lowest BCUT2D eigenvalue weighted by Gasteiger charge is -2.05. The molecule has 0 amide bonds. The minimum absolute atomic E-state index is 0.502. The Morgan fingerprint density at radius 2 is 1.94 bits per heavy atom. The van der Waals surface area contributed by atoms with Gasteiger partial charge in [0.1, 0.15) is 0 Å². The van der Waals surface area contributed by atoms with E-state index in [1.807, 2.05) is 30.3 Å². The van der Waals surface area contributed by atoms with Crippen molar-refractivity contribution in [3.8, 4) is 0 Å². The first-order valence-corrected chi connectivity index (χ1v) is 7.47. The Bertz CT molecular complexity index is 549. The molecular formula is C12H9BrCl2N2S. The fourth-order valence-electron chi connectivity index (χ4n) is 1.33. The number of hydrazone groups is 1. The van der Waals surface area contributed by atoms with Crippen LogP contribution >= 0.6 is 50.5 Å². The predicted octanol–water partition coefficient (Wildman–Crippen LogP) is 4.94. The highest BCUT2D eigenvalue weighted by Crippen LogP contribution is 2.24. The van der Waals surface area contributed by atoms with E-state index in [0.717, 1.165) is 14.2 Å². The summed E-state index contributed by atoms with van der Waals surface area (Å²) in [6, 6.07) is 9.41. The normalized spacial score (nSPS) is 11.1. The van der Waals surface area contributed by atoms with Gasteiger partial charge >= 0.3 is 0 Å². The van der Waals surface area contributed by atoms with Crippen LogP contribution in [0.15, 0.2) is 39.2 Å². The van der Waals surface area contributed by atoms with E-state index >= 15 is 0 Å². The van der Waals surface area contributed by atoms with E-state index in [9.17, 15) is 0 Å². The molecule has 0 aliphatic rings. The van der Waals surface area contributed by atoms with Gasteiger partial charge in [0.25, 0.3) is 0 Å². The van der Waals surface area contributed by atoms with Crippen LogP contribution in [0.1, 0.15) is 10.4 Å². The van der Waals surface area contributed by atoms with E-state index in [1.165, 1.54) is 0 Å². The van der Waals surface area contributed by atoms with Gasteiger partial charge in [-0.25, -0.2) is 0 Å². The van der Waals surface area contributed by atoms with Crippen LogP contribution in [0.4, 0.5) is 0 Å². The second kappa shape index (κ2) is 6.57. The number of benzene rings is 1. The highest BCUT2D eigenvalue weighted by molar-refractivity contribution is 9.11. The number of hydrogen-bond acceptors (Lipinski definition) is 3. The second-order valence-electron chi connectivity index (χ2n) is 3.44. The van der Waals surface area contributed by atoms with E-state index in [0.29, 0.717) is 16.6 Å². The third-order valence-electron chi connectivity index (χ3n) is 2.19.